The number of amides is 1. The average molecular weight is 258 g/mol. The smallest absolute Gasteiger partial charge is 0.225 e. The fourth-order valence-corrected chi connectivity index (χ4v) is 3.62. The molecule has 0 bridgehead atoms. The Kier molecular flexibility index (Phi) is 3.31. The van der Waals surface area contributed by atoms with E-state index in [0.29, 0.717) is 0 Å². The zero-order valence-electron chi connectivity index (χ0n) is 11.5. The minimum atomic E-state index is 0.146. The fourth-order valence-electron chi connectivity index (χ4n) is 3.62. The molecule has 3 nitrogen and oxygen atoms in total. The molecule has 0 aromatic heterocycles. The van der Waals surface area contributed by atoms with E-state index >= 15 is 0 Å². The van der Waals surface area contributed by atoms with Crippen LogP contribution in [0.3, 0.4) is 0 Å². The number of aryl methyl sites for hydroxylation is 1. The molecular formula is C16H22N2O. The van der Waals surface area contributed by atoms with Crippen molar-refractivity contribution < 1.29 is 4.79 Å². The number of hydrogen-bond donors (Lipinski definition) is 1. The van der Waals surface area contributed by atoms with Crippen molar-refractivity contribution in [1.82, 2.24) is 4.90 Å². The van der Waals surface area contributed by atoms with E-state index in [1.165, 1.54) is 11.1 Å². The van der Waals surface area contributed by atoms with Crippen molar-refractivity contribution in [3.63, 3.8) is 0 Å². The number of carbonyl (C=O) groups excluding carboxylic acids is 1. The number of benzene rings is 1. The summed E-state index contributed by atoms with van der Waals surface area (Å²) in [5, 5.41) is 0. The van der Waals surface area contributed by atoms with Crippen molar-refractivity contribution in [3.05, 3.63) is 35.4 Å². The Bertz CT molecular complexity index is 485. The first-order chi connectivity index (χ1) is 9.16. The molecule has 19 heavy (non-hydrogen) atoms. The lowest BCUT2D eigenvalue weighted by atomic mass is 10.0. The second-order valence-electron chi connectivity index (χ2n) is 5.97. The number of carbonyl (C=O) groups is 1. The molecular weight excluding hydrogens is 236 g/mol. The summed E-state index contributed by atoms with van der Waals surface area (Å²) in [5.74, 6) is 0.433. The Labute approximate surface area is 114 Å². The standard InChI is InChI=1S/C16H22N2O/c1-18(16(19)12-6-8-13(17)10-12)15-9-7-11-4-2-3-5-14(11)15/h2-5,12-13,15H,6-10,17H2,1H3. The maximum atomic E-state index is 12.6. The maximum absolute atomic E-state index is 12.6. The van der Waals surface area contributed by atoms with E-state index in [-0.39, 0.29) is 23.9 Å². The summed E-state index contributed by atoms with van der Waals surface area (Å²) in [6.45, 7) is 0. The number of rotatable bonds is 2. The largest absolute Gasteiger partial charge is 0.338 e. The summed E-state index contributed by atoms with van der Waals surface area (Å²) in [4.78, 5) is 14.5. The normalized spacial score (nSPS) is 29.3. The fraction of sp³-hybridized carbons (Fsp3) is 0.562. The Morgan fingerprint density at radius 2 is 2.05 bits per heavy atom. The molecule has 0 heterocycles. The zero-order valence-corrected chi connectivity index (χ0v) is 11.5. The molecule has 1 saturated carbocycles. The molecule has 1 amide bonds. The molecule has 1 aromatic rings. The van der Waals surface area contributed by atoms with E-state index in [0.717, 1.165) is 32.1 Å². The van der Waals surface area contributed by atoms with E-state index in [1.54, 1.807) is 0 Å². The summed E-state index contributed by atoms with van der Waals surface area (Å²) in [7, 11) is 1.96. The van der Waals surface area contributed by atoms with Gasteiger partial charge in [-0.3, -0.25) is 4.79 Å². The summed E-state index contributed by atoms with van der Waals surface area (Å²) >= 11 is 0. The van der Waals surface area contributed by atoms with Crippen molar-refractivity contribution in [2.24, 2.45) is 11.7 Å². The van der Waals surface area contributed by atoms with Crippen LogP contribution < -0.4 is 5.73 Å². The molecule has 3 atom stereocenters. The van der Waals surface area contributed by atoms with E-state index in [4.69, 9.17) is 5.73 Å². The van der Waals surface area contributed by atoms with E-state index < -0.39 is 0 Å². The first-order valence-corrected chi connectivity index (χ1v) is 7.27. The van der Waals surface area contributed by atoms with E-state index in [2.05, 4.69) is 24.3 Å². The third-order valence-electron chi connectivity index (χ3n) is 4.74. The van der Waals surface area contributed by atoms with Crippen LogP contribution in [0.15, 0.2) is 24.3 Å². The van der Waals surface area contributed by atoms with Gasteiger partial charge < -0.3 is 10.6 Å². The van der Waals surface area contributed by atoms with Gasteiger partial charge in [-0.1, -0.05) is 24.3 Å². The predicted molar refractivity (Wildman–Crippen MR) is 75.6 cm³/mol. The molecule has 2 aliphatic carbocycles. The first-order valence-electron chi connectivity index (χ1n) is 7.27. The summed E-state index contributed by atoms with van der Waals surface area (Å²) in [6, 6.07) is 8.98. The molecule has 3 heteroatoms. The highest BCUT2D eigenvalue weighted by Crippen LogP contribution is 2.37. The van der Waals surface area contributed by atoms with Gasteiger partial charge in [0.25, 0.3) is 0 Å². The molecule has 2 N–H and O–H groups in total. The SMILES string of the molecule is CN(C(=O)C1CCC(N)C1)C1CCc2ccccc21. The lowest BCUT2D eigenvalue weighted by Gasteiger charge is -2.28. The van der Waals surface area contributed by atoms with Crippen LogP contribution in [0.5, 0.6) is 0 Å². The van der Waals surface area contributed by atoms with Crippen LogP contribution in [0.4, 0.5) is 0 Å². The zero-order chi connectivity index (χ0) is 13.4. The highest BCUT2D eigenvalue weighted by molar-refractivity contribution is 5.79. The summed E-state index contributed by atoms with van der Waals surface area (Å²) < 4.78 is 0. The third kappa shape index (κ3) is 2.27. The topological polar surface area (TPSA) is 46.3 Å². The van der Waals surface area contributed by atoms with Crippen LogP contribution in [0.25, 0.3) is 0 Å². The van der Waals surface area contributed by atoms with Crippen LogP contribution in [0.2, 0.25) is 0 Å². The third-order valence-corrected chi connectivity index (χ3v) is 4.74. The molecule has 0 aliphatic heterocycles. The maximum Gasteiger partial charge on any atom is 0.225 e. The number of nitrogens with two attached hydrogens (primary N) is 1. The highest BCUT2D eigenvalue weighted by atomic mass is 16.2. The average Bonchev–Trinajstić information content (AvgIpc) is 3.03. The van der Waals surface area contributed by atoms with Crippen LogP contribution in [0, 0.1) is 5.92 Å². The molecule has 102 valence electrons. The molecule has 0 spiro atoms. The predicted octanol–water partition coefficient (Wildman–Crippen LogP) is 2.26. The van der Waals surface area contributed by atoms with Gasteiger partial charge in [-0.05, 0) is 43.2 Å². The number of nitrogens with zero attached hydrogens (tertiary/aromatic N) is 1. The Morgan fingerprint density at radius 3 is 2.79 bits per heavy atom. The molecule has 0 saturated heterocycles. The van der Waals surface area contributed by atoms with Gasteiger partial charge in [0.05, 0.1) is 6.04 Å². The minimum absolute atomic E-state index is 0.146. The van der Waals surface area contributed by atoms with Crippen molar-refractivity contribution in [1.29, 1.82) is 0 Å². The Morgan fingerprint density at radius 1 is 1.26 bits per heavy atom. The van der Waals surface area contributed by atoms with Gasteiger partial charge in [-0.2, -0.15) is 0 Å². The van der Waals surface area contributed by atoms with Gasteiger partial charge in [0.15, 0.2) is 0 Å². The van der Waals surface area contributed by atoms with Crippen LogP contribution in [0.1, 0.15) is 42.9 Å². The van der Waals surface area contributed by atoms with E-state index in [9.17, 15) is 4.79 Å². The number of fused-ring (bicyclic) bond motifs is 1. The molecule has 0 radical (unpaired) electrons. The van der Waals surface area contributed by atoms with Gasteiger partial charge in [0, 0.05) is 19.0 Å². The first kappa shape index (κ1) is 12.7. The van der Waals surface area contributed by atoms with Crippen molar-refractivity contribution in [2.75, 3.05) is 7.05 Å². The van der Waals surface area contributed by atoms with E-state index in [1.807, 2.05) is 11.9 Å². The molecule has 2 aliphatic rings. The Balaban J connectivity index is 1.75. The van der Waals surface area contributed by atoms with Crippen LogP contribution in [-0.2, 0) is 11.2 Å². The van der Waals surface area contributed by atoms with Gasteiger partial charge in [-0.25, -0.2) is 0 Å². The molecule has 1 aromatic carbocycles. The number of hydrogen-bond acceptors (Lipinski definition) is 2. The lowest BCUT2D eigenvalue weighted by molar-refractivity contribution is -0.136. The minimum Gasteiger partial charge on any atom is -0.338 e. The van der Waals surface area contributed by atoms with Gasteiger partial charge in [0.1, 0.15) is 0 Å². The second-order valence-corrected chi connectivity index (χ2v) is 5.97. The summed E-state index contributed by atoms with van der Waals surface area (Å²) in [6.07, 6.45) is 4.95. The Hall–Kier alpha value is -1.35. The quantitative estimate of drug-likeness (QED) is 0.884. The summed E-state index contributed by atoms with van der Waals surface area (Å²) in [5.41, 5.74) is 8.65. The monoisotopic (exact) mass is 258 g/mol. The second kappa shape index (κ2) is 4.97. The molecule has 1 fully saturated rings. The molecule has 3 unspecified atom stereocenters. The van der Waals surface area contributed by atoms with Gasteiger partial charge in [-0.15, -0.1) is 0 Å². The van der Waals surface area contributed by atoms with Crippen molar-refractivity contribution in [2.45, 2.75) is 44.2 Å². The van der Waals surface area contributed by atoms with Crippen molar-refractivity contribution >= 4 is 5.91 Å². The van der Waals surface area contributed by atoms with Crippen LogP contribution >= 0.6 is 0 Å². The van der Waals surface area contributed by atoms with Crippen molar-refractivity contribution in [3.8, 4) is 0 Å². The van der Waals surface area contributed by atoms with Crippen LogP contribution in [-0.4, -0.2) is 23.9 Å². The van der Waals surface area contributed by atoms with Gasteiger partial charge in [0.2, 0.25) is 5.91 Å². The molecule has 3 rings (SSSR count). The lowest BCUT2D eigenvalue weighted by Crippen LogP contribution is -2.35. The van der Waals surface area contributed by atoms with Gasteiger partial charge >= 0.3 is 0 Å². The highest BCUT2D eigenvalue weighted by Gasteiger charge is 2.34.